The standard InChI is InChI=1S/C16H19N3O2S/c17-22(20,21)15-6-3-8-18-16(15)19-9-7-12-10-13-4-1-2-5-14(13)11-12/h1-6,8,12H,7,9-11H2,(H,18,19)(H2,17,20,21). The Morgan fingerprint density at radius 2 is 1.82 bits per heavy atom. The highest BCUT2D eigenvalue weighted by Crippen LogP contribution is 2.28. The van der Waals surface area contributed by atoms with Crippen LogP contribution in [0, 0.1) is 5.92 Å². The van der Waals surface area contributed by atoms with Crippen LogP contribution < -0.4 is 10.5 Å². The molecule has 0 atom stereocenters. The molecule has 1 aliphatic carbocycles. The number of fused-ring (bicyclic) bond motifs is 1. The normalized spacial score (nSPS) is 14.8. The van der Waals surface area contributed by atoms with Gasteiger partial charge in [0.2, 0.25) is 10.0 Å². The highest BCUT2D eigenvalue weighted by Gasteiger charge is 2.21. The fourth-order valence-electron chi connectivity index (χ4n) is 3.00. The smallest absolute Gasteiger partial charge is 0.241 e. The molecule has 1 heterocycles. The summed E-state index contributed by atoms with van der Waals surface area (Å²) in [5.41, 5.74) is 2.85. The number of nitrogens with two attached hydrogens (primary N) is 1. The van der Waals surface area contributed by atoms with Crippen LogP contribution in [0.5, 0.6) is 0 Å². The van der Waals surface area contributed by atoms with E-state index in [1.807, 2.05) is 0 Å². The van der Waals surface area contributed by atoms with Crippen LogP contribution in [-0.4, -0.2) is 19.9 Å². The number of nitrogens with zero attached hydrogens (tertiary/aromatic N) is 1. The van der Waals surface area contributed by atoms with Crippen LogP contribution >= 0.6 is 0 Å². The van der Waals surface area contributed by atoms with Gasteiger partial charge in [-0.1, -0.05) is 24.3 Å². The predicted octanol–water partition coefficient (Wildman–Crippen LogP) is 1.95. The molecule has 0 spiro atoms. The van der Waals surface area contributed by atoms with Gasteiger partial charge in [-0.15, -0.1) is 0 Å². The lowest BCUT2D eigenvalue weighted by Crippen LogP contribution is -2.17. The van der Waals surface area contributed by atoms with E-state index in [2.05, 4.69) is 34.6 Å². The molecule has 0 unspecified atom stereocenters. The van der Waals surface area contributed by atoms with Gasteiger partial charge in [0.05, 0.1) is 0 Å². The number of hydrogen-bond donors (Lipinski definition) is 2. The van der Waals surface area contributed by atoms with E-state index in [1.54, 1.807) is 12.3 Å². The van der Waals surface area contributed by atoms with Crippen LogP contribution in [0.1, 0.15) is 17.5 Å². The summed E-state index contributed by atoms with van der Waals surface area (Å²) in [5, 5.41) is 8.30. The third kappa shape index (κ3) is 3.28. The maximum Gasteiger partial charge on any atom is 0.241 e. The molecule has 1 aromatic carbocycles. The number of nitrogens with one attached hydrogen (secondary N) is 1. The number of primary sulfonamides is 1. The largest absolute Gasteiger partial charge is 0.369 e. The van der Waals surface area contributed by atoms with Crippen molar-refractivity contribution >= 4 is 15.8 Å². The van der Waals surface area contributed by atoms with Gasteiger partial charge in [-0.25, -0.2) is 18.5 Å². The number of rotatable bonds is 5. The second-order valence-corrected chi connectivity index (χ2v) is 7.18. The highest BCUT2D eigenvalue weighted by atomic mass is 32.2. The van der Waals surface area contributed by atoms with Crippen LogP contribution in [0.2, 0.25) is 0 Å². The lowest BCUT2D eigenvalue weighted by molar-refractivity contribution is 0.529. The fraction of sp³-hybridized carbons (Fsp3) is 0.312. The maximum absolute atomic E-state index is 11.5. The van der Waals surface area contributed by atoms with Crippen LogP contribution in [0.15, 0.2) is 47.5 Å². The average molecular weight is 317 g/mol. The van der Waals surface area contributed by atoms with Crippen molar-refractivity contribution in [2.24, 2.45) is 11.1 Å². The first-order valence-electron chi connectivity index (χ1n) is 7.32. The summed E-state index contributed by atoms with van der Waals surface area (Å²) in [6.07, 6.45) is 4.70. The quantitative estimate of drug-likeness (QED) is 0.882. The highest BCUT2D eigenvalue weighted by molar-refractivity contribution is 7.89. The lowest BCUT2D eigenvalue weighted by Gasteiger charge is -2.12. The van der Waals surface area contributed by atoms with E-state index in [-0.39, 0.29) is 4.90 Å². The molecule has 0 aliphatic heterocycles. The van der Waals surface area contributed by atoms with E-state index >= 15 is 0 Å². The Kier molecular flexibility index (Phi) is 4.13. The van der Waals surface area contributed by atoms with Gasteiger partial charge in [0.1, 0.15) is 10.7 Å². The lowest BCUT2D eigenvalue weighted by atomic mass is 10.0. The van der Waals surface area contributed by atoms with Gasteiger partial charge >= 0.3 is 0 Å². The Balaban J connectivity index is 1.59. The number of benzene rings is 1. The first kappa shape index (κ1) is 15.0. The number of aromatic nitrogens is 1. The summed E-state index contributed by atoms with van der Waals surface area (Å²) in [7, 11) is -3.75. The van der Waals surface area contributed by atoms with Gasteiger partial charge in [0.25, 0.3) is 0 Å². The molecule has 0 saturated carbocycles. The summed E-state index contributed by atoms with van der Waals surface area (Å²) in [6, 6.07) is 11.5. The maximum atomic E-state index is 11.5. The Morgan fingerprint density at radius 3 is 2.45 bits per heavy atom. The molecule has 1 aliphatic rings. The van der Waals surface area contributed by atoms with E-state index in [0.29, 0.717) is 18.3 Å². The molecule has 0 bridgehead atoms. The minimum atomic E-state index is -3.75. The minimum absolute atomic E-state index is 0.0460. The summed E-state index contributed by atoms with van der Waals surface area (Å²) in [4.78, 5) is 4.12. The van der Waals surface area contributed by atoms with Crippen LogP contribution in [-0.2, 0) is 22.9 Å². The van der Waals surface area contributed by atoms with E-state index in [9.17, 15) is 8.42 Å². The van der Waals surface area contributed by atoms with Gasteiger partial charge in [-0.2, -0.15) is 0 Å². The van der Waals surface area contributed by atoms with Crippen LogP contribution in [0.4, 0.5) is 5.82 Å². The zero-order chi connectivity index (χ0) is 15.6. The summed E-state index contributed by atoms with van der Waals surface area (Å²) in [6.45, 7) is 0.679. The van der Waals surface area contributed by atoms with Gasteiger partial charge in [-0.3, -0.25) is 0 Å². The van der Waals surface area contributed by atoms with Crippen molar-refractivity contribution in [3.63, 3.8) is 0 Å². The molecule has 1 aromatic heterocycles. The zero-order valence-corrected chi connectivity index (χ0v) is 13.0. The molecule has 3 N–H and O–H groups in total. The molecule has 6 heteroatoms. The van der Waals surface area contributed by atoms with Crippen molar-refractivity contribution in [2.45, 2.75) is 24.2 Å². The first-order valence-corrected chi connectivity index (χ1v) is 8.87. The van der Waals surface area contributed by atoms with Crippen molar-refractivity contribution in [2.75, 3.05) is 11.9 Å². The Bertz CT molecular complexity index is 749. The summed E-state index contributed by atoms with van der Waals surface area (Å²) in [5.74, 6) is 0.923. The van der Waals surface area contributed by atoms with Gasteiger partial charge in [-0.05, 0) is 48.4 Å². The van der Waals surface area contributed by atoms with E-state index in [1.165, 1.54) is 17.2 Å². The third-order valence-corrected chi connectivity index (χ3v) is 5.00. The van der Waals surface area contributed by atoms with E-state index in [4.69, 9.17) is 5.14 Å². The van der Waals surface area contributed by atoms with E-state index in [0.717, 1.165) is 19.3 Å². The van der Waals surface area contributed by atoms with Crippen molar-refractivity contribution in [3.8, 4) is 0 Å². The topological polar surface area (TPSA) is 85.1 Å². The molecule has 0 radical (unpaired) electrons. The predicted molar refractivity (Wildman–Crippen MR) is 86.1 cm³/mol. The van der Waals surface area contributed by atoms with Gasteiger partial charge < -0.3 is 5.32 Å². The monoisotopic (exact) mass is 317 g/mol. The summed E-state index contributed by atoms with van der Waals surface area (Å²) >= 11 is 0. The summed E-state index contributed by atoms with van der Waals surface area (Å²) < 4.78 is 23.0. The number of anilines is 1. The number of hydrogen-bond acceptors (Lipinski definition) is 4. The molecule has 22 heavy (non-hydrogen) atoms. The molecule has 116 valence electrons. The van der Waals surface area contributed by atoms with Crippen molar-refractivity contribution in [1.29, 1.82) is 0 Å². The molecule has 0 fully saturated rings. The number of sulfonamides is 1. The van der Waals surface area contributed by atoms with Crippen molar-refractivity contribution in [3.05, 3.63) is 53.7 Å². The molecule has 0 amide bonds. The molecule has 5 nitrogen and oxygen atoms in total. The zero-order valence-electron chi connectivity index (χ0n) is 12.2. The van der Waals surface area contributed by atoms with Crippen molar-refractivity contribution < 1.29 is 8.42 Å². The van der Waals surface area contributed by atoms with Gasteiger partial charge in [0, 0.05) is 12.7 Å². The average Bonchev–Trinajstić information content (AvgIpc) is 2.89. The van der Waals surface area contributed by atoms with Crippen molar-refractivity contribution in [1.82, 2.24) is 4.98 Å². The van der Waals surface area contributed by atoms with Crippen LogP contribution in [0.3, 0.4) is 0 Å². The molecular formula is C16H19N3O2S. The van der Waals surface area contributed by atoms with Gasteiger partial charge in [0.15, 0.2) is 0 Å². The molecule has 2 aromatic rings. The molecule has 3 rings (SSSR count). The molecule has 0 saturated heterocycles. The van der Waals surface area contributed by atoms with Crippen LogP contribution in [0.25, 0.3) is 0 Å². The Hall–Kier alpha value is -1.92. The van der Waals surface area contributed by atoms with E-state index < -0.39 is 10.0 Å². The fourth-order valence-corrected chi connectivity index (χ4v) is 3.66. The second kappa shape index (κ2) is 6.06. The third-order valence-electron chi connectivity index (χ3n) is 4.06. The Labute approximate surface area is 130 Å². The Morgan fingerprint density at radius 1 is 1.14 bits per heavy atom. The first-order chi connectivity index (χ1) is 10.5. The minimum Gasteiger partial charge on any atom is -0.369 e. The second-order valence-electron chi connectivity index (χ2n) is 5.65. The SMILES string of the molecule is NS(=O)(=O)c1cccnc1NCCC1Cc2ccccc2C1. The molecular weight excluding hydrogens is 298 g/mol. The number of pyridine rings is 1.